The van der Waals surface area contributed by atoms with E-state index in [0.29, 0.717) is 21.8 Å². The minimum Gasteiger partial charge on any atom is -0.322 e. The summed E-state index contributed by atoms with van der Waals surface area (Å²) in [6.45, 7) is 2.43. The van der Waals surface area contributed by atoms with Crippen molar-refractivity contribution in [3.63, 3.8) is 0 Å². The number of rotatable bonds is 7. The van der Waals surface area contributed by atoms with Gasteiger partial charge in [0.15, 0.2) is 0 Å². The number of anilines is 1. The maximum atomic E-state index is 11.9. The molecule has 1 atom stereocenters. The van der Waals surface area contributed by atoms with Crippen LogP contribution in [0, 0.1) is 5.92 Å². The molecule has 1 saturated carbocycles. The third kappa shape index (κ3) is 4.65. The second-order valence-electron chi connectivity index (χ2n) is 5.31. The van der Waals surface area contributed by atoms with Gasteiger partial charge in [0.05, 0.1) is 22.3 Å². The zero-order valence-corrected chi connectivity index (χ0v) is 13.1. The van der Waals surface area contributed by atoms with E-state index in [0.717, 1.165) is 18.8 Å². The SMILES string of the molecule is CCC(CC1CC1)NCC(=O)Nc1c(Cl)cccc1Cl. The first-order valence-corrected chi connectivity index (χ1v) is 7.83. The molecule has 0 radical (unpaired) electrons. The fraction of sp³-hybridized carbons (Fsp3) is 0.533. The highest BCUT2D eigenvalue weighted by Crippen LogP contribution is 2.34. The van der Waals surface area contributed by atoms with Crippen LogP contribution in [-0.2, 0) is 4.79 Å². The molecule has 1 aromatic carbocycles. The van der Waals surface area contributed by atoms with Gasteiger partial charge in [-0.25, -0.2) is 0 Å². The molecule has 20 heavy (non-hydrogen) atoms. The van der Waals surface area contributed by atoms with Crippen LogP contribution in [0.5, 0.6) is 0 Å². The lowest BCUT2D eigenvalue weighted by atomic mass is 10.1. The number of halogens is 2. The Hall–Kier alpha value is -0.770. The van der Waals surface area contributed by atoms with Gasteiger partial charge in [-0.05, 0) is 30.9 Å². The van der Waals surface area contributed by atoms with E-state index in [9.17, 15) is 4.79 Å². The summed E-state index contributed by atoms with van der Waals surface area (Å²) in [4.78, 5) is 11.9. The van der Waals surface area contributed by atoms with Crippen molar-refractivity contribution >= 4 is 34.8 Å². The van der Waals surface area contributed by atoms with E-state index in [1.54, 1.807) is 18.2 Å². The lowest BCUT2D eigenvalue weighted by Crippen LogP contribution is -2.36. The highest BCUT2D eigenvalue weighted by molar-refractivity contribution is 6.39. The summed E-state index contributed by atoms with van der Waals surface area (Å²) in [7, 11) is 0. The number of nitrogens with one attached hydrogen (secondary N) is 2. The molecule has 1 unspecified atom stereocenters. The minimum absolute atomic E-state index is 0.116. The second-order valence-corrected chi connectivity index (χ2v) is 6.12. The lowest BCUT2D eigenvalue weighted by Gasteiger charge is -2.16. The predicted octanol–water partition coefficient (Wildman–Crippen LogP) is 4.10. The Bertz CT molecular complexity index is 455. The molecule has 0 aromatic heterocycles. The van der Waals surface area contributed by atoms with Crippen molar-refractivity contribution in [2.75, 3.05) is 11.9 Å². The quantitative estimate of drug-likeness (QED) is 0.795. The molecule has 5 heteroatoms. The molecule has 1 fully saturated rings. The maximum absolute atomic E-state index is 11.9. The van der Waals surface area contributed by atoms with Crippen LogP contribution in [0.4, 0.5) is 5.69 Å². The van der Waals surface area contributed by atoms with Gasteiger partial charge in [0.2, 0.25) is 5.91 Å². The van der Waals surface area contributed by atoms with Crippen LogP contribution in [0.1, 0.15) is 32.6 Å². The number of amides is 1. The van der Waals surface area contributed by atoms with Crippen molar-refractivity contribution < 1.29 is 4.79 Å². The van der Waals surface area contributed by atoms with Gasteiger partial charge in [-0.1, -0.05) is 49.0 Å². The Balaban J connectivity index is 1.82. The molecular formula is C15H20Cl2N2O. The van der Waals surface area contributed by atoms with E-state index in [-0.39, 0.29) is 12.5 Å². The lowest BCUT2D eigenvalue weighted by molar-refractivity contribution is -0.115. The molecular weight excluding hydrogens is 295 g/mol. The normalized spacial score (nSPS) is 15.9. The zero-order chi connectivity index (χ0) is 14.5. The third-order valence-electron chi connectivity index (χ3n) is 3.59. The topological polar surface area (TPSA) is 41.1 Å². The Morgan fingerprint density at radius 3 is 2.55 bits per heavy atom. The van der Waals surface area contributed by atoms with E-state index in [1.807, 2.05) is 0 Å². The second kappa shape index (κ2) is 7.30. The van der Waals surface area contributed by atoms with Gasteiger partial charge in [0.25, 0.3) is 0 Å². The molecule has 1 aliphatic rings. The van der Waals surface area contributed by atoms with Crippen molar-refractivity contribution in [2.24, 2.45) is 5.92 Å². The van der Waals surface area contributed by atoms with Crippen molar-refractivity contribution in [1.82, 2.24) is 5.32 Å². The number of hydrogen-bond acceptors (Lipinski definition) is 2. The van der Waals surface area contributed by atoms with Gasteiger partial charge < -0.3 is 10.6 Å². The summed E-state index contributed by atoms with van der Waals surface area (Å²) in [6, 6.07) is 5.58. The molecule has 2 rings (SSSR count). The van der Waals surface area contributed by atoms with Gasteiger partial charge in [-0.2, -0.15) is 0 Å². The largest absolute Gasteiger partial charge is 0.322 e. The fourth-order valence-electron chi connectivity index (χ4n) is 2.19. The highest BCUT2D eigenvalue weighted by Gasteiger charge is 2.24. The van der Waals surface area contributed by atoms with Gasteiger partial charge in [0, 0.05) is 6.04 Å². The van der Waals surface area contributed by atoms with Crippen LogP contribution in [0.15, 0.2) is 18.2 Å². The molecule has 1 amide bonds. The summed E-state index contributed by atoms with van der Waals surface area (Å²) in [5.41, 5.74) is 0.484. The summed E-state index contributed by atoms with van der Waals surface area (Å²) in [5, 5.41) is 6.97. The zero-order valence-electron chi connectivity index (χ0n) is 11.6. The van der Waals surface area contributed by atoms with E-state index < -0.39 is 0 Å². The Kier molecular flexibility index (Phi) is 5.70. The minimum atomic E-state index is -0.116. The molecule has 1 aromatic rings. The number of carbonyl (C=O) groups excluding carboxylic acids is 1. The van der Waals surface area contributed by atoms with Crippen LogP contribution in [0.25, 0.3) is 0 Å². The number of carbonyl (C=O) groups is 1. The van der Waals surface area contributed by atoms with E-state index >= 15 is 0 Å². The van der Waals surface area contributed by atoms with Gasteiger partial charge >= 0.3 is 0 Å². The summed E-state index contributed by atoms with van der Waals surface area (Å²) < 4.78 is 0. The summed E-state index contributed by atoms with van der Waals surface area (Å²) in [6.07, 6.45) is 4.87. The monoisotopic (exact) mass is 314 g/mol. The average molecular weight is 315 g/mol. The van der Waals surface area contributed by atoms with E-state index in [1.165, 1.54) is 12.8 Å². The van der Waals surface area contributed by atoms with Crippen molar-refractivity contribution in [1.29, 1.82) is 0 Å². The molecule has 3 nitrogen and oxygen atoms in total. The average Bonchev–Trinajstić information content (AvgIpc) is 3.23. The van der Waals surface area contributed by atoms with Crippen molar-refractivity contribution in [3.05, 3.63) is 28.2 Å². The van der Waals surface area contributed by atoms with Crippen LogP contribution < -0.4 is 10.6 Å². The Morgan fingerprint density at radius 2 is 2.00 bits per heavy atom. The molecule has 0 aliphatic heterocycles. The van der Waals surface area contributed by atoms with Crippen LogP contribution in [0.2, 0.25) is 10.0 Å². The maximum Gasteiger partial charge on any atom is 0.238 e. The van der Waals surface area contributed by atoms with E-state index in [2.05, 4.69) is 17.6 Å². The summed E-state index contributed by atoms with van der Waals surface area (Å²) >= 11 is 12.0. The third-order valence-corrected chi connectivity index (χ3v) is 4.22. The van der Waals surface area contributed by atoms with Crippen LogP contribution in [0.3, 0.4) is 0 Å². The van der Waals surface area contributed by atoms with Crippen LogP contribution >= 0.6 is 23.2 Å². The molecule has 0 heterocycles. The first-order chi connectivity index (χ1) is 9.60. The molecule has 0 saturated heterocycles. The Morgan fingerprint density at radius 1 is 1.35 bits per heavy atom. The van der Waals surface area contributed by atoms with E-state index in [4.69, 9.17) is 23.2 Å². The molecule has 110 valence electrons. The van der Waals surface area contributed by atoms with Gasteiger partial charge in [-0.15, -0.1) is 0 Å². The van der Waals surface area contributed by atoms with Gasteiger partial charge in [0.1, 0.15) is 0 Å². The first-order valence-electron chi connectivity index (χ1n) is 7.07. The summed E-state index contributed by atoms with van der Waals surface area (Å²) in [5.74, 6) is 0.739. The van der Waals surface area contributed by atoms with Crippen LogP contribution in [-0.4, -0.2) is 18.5 Å². The number of para-hydroxylation sites is 1. The fourth-order valence-corrected chi connectivity index (χ4v) is 2.68. The first kappa shape index (κ1) is 15.6. The smallest absolute Gasteiger partial charge is 0.238 e. The van der Waals surface area contributed by atoms with Crippen molar-refractivity contribution in [3.8, 4) is 0 Å². The Labute approximate surface area is 130 Å². The molecule has 0 bridgehead atoms. The van der Waals surface area contributed by atoms with Crippen molar-refractivity contribution in [2.45, 2.75) is 38.6 Å². The predicted molar refractivity (Wildman–Crippen MR) is 84.5 cm³/mol. The standard InChI is InChI=1S/C15H20Cl2N2O/c1-2-11(8-10-6-7-10)18-9-14(20)19-15-12(16)4-3-5-13(15)17/h3-5,10-11,18H,2,6-9H2,1H3,(H,19,20). The molecule has 1 aliphatic carbocycles. The molecule has 2 N–H and O–H groups in total. The number of hydrogen-bond donors (Lipinski definition) is 2. The van der Waals surface area contributed by atoms with Gasteiger partial charge in [-0.3, -0.25) is 4.79 Å². The highest BCUT2D eigenvalue weighted by atomic mass is 35.5. The number of benzene rings is 1. The molecule has 0 spiro atoms.